The van der Waals surface area contributed by atoms with Crippen molar-refractivity contribution in [1.82, 2.24) is 4.57 Å². The molecule has 1 aliphatic carbocycles. The minimum atomic E-state index is -4.59. The molecule has 0 saturated heterocycles. The number of nitrogens with zero attached hydrogens (tertiary/aromatic N) is 1. The highest BCUT2D eigenvalue weighted by molar-refractivity contribution is 7.86. The van der Waals surface area contributed by atoms with Gasteiger partial charge in [-0.1, -0.05) is 30.3 Å². The van der Waals surface area contributed by atoms with Crippen molar-refractivity contribution in [2.24, 2.45) is 7.05 Å². The van der Waals surface area contributed by atoms with Crippen LogP contribution in [0.25, 0.3) is 22.0 Å². The van der Waals surface area contributed by atoms with E-state index in [0.717, 1.165) is 0 Å². The third-order valence-corrected chi connectivity index (χ3v) is 7.29. The molecule has 0 unspecified atom stereocenters. The van der Waals surface area contributed by atoms with Crippen LogP contribution in [0.1, 0.15) is 38.8 Å². The molecule has 188 valence electrons. The van der Waals surface area contributed by atoms with E-state index < -0.39 is 21.6 Å². The van der Waals surface area contributed by atoms with E-state index in [2.05, 4.69) is 5.32 Å². The van der Waals surface area contributed by atoms with Crippen LogP contribution in [0.3, 0.4) is 0 Å². The van der Waals surface area contributed by atoms with Crippen LogP contribution in [0.2, 0.25) is 0 Å². The maximum absolute atomic E-state index is 13.8. The summed E-state index contributed by atoms with van der Waals surface area (Å²) in [5.41, 5.74) is 1.73. The molecular weight excluding hydrogens is 496 g/mol. The quantitative estimate of drug-likeness (QED) is 0.261. The zero-order valence-corrected chi connectivity index (χ0v) is 21.0. The van der Waals surface area contributed by atoms with Gasteiger partial charge < -0.3 is 14.6 Å². The lowest BCUT2D eigenvalue weighted by molar-refractivity contribution is 0.0524. The molecule has 0 atom stereocenters. The average molecular weight is 519 g/mol. The Morgan fingerprint density at radius 1 is 1.00 bits per heavy atom. The van der Waals surface area contributed by atoms with Crippen LogP contribution in [0.5, 0.6) is 0 Å². The van der Waals surface area contributed by atoms with Crippen molar-refractivity contribution in [3.8, 4) is 11.1 Å². The Balaban J connectivity index is 1.89. The van der Waals surface area contributed by atoms with Gasteiger partial charge in [0.25, 0.3) is 15.7 Å². The molecule has 0 amide bonds. The summed E-state index contributed by atoms with van der Waals surface area (Å²) in [5.74, 6) is -1.18. The first kappa shape index (κ1) is 24.4. The van der Waals surface area contributed by atoms with Crippen LogP contribution in [0, 0.1) is 6.92 Å². The van der Waals surface area contributed by atoms with Crippen molar-refractivity contribution in [1.29, 1.82) is 0 Å². The monoisotopic (exact) mass is 518 g/mol. The summed E-state index contributed by atoms with van der Waals surface area (Å²) in [5, 5.41) is 3.35. The minimum Gasteiger partial charge on any atom is -0.462 e. The number of aryl methyl sites for hydroxylation is 2. The van der Waals surface area contributed by atoms with Crippen molar-refractivity contribution in [2.75, 3.05) is 11.9 Å². The number of carbonyl (C=O) groups excluding carboxylic acids is 2. The number of hydrogen-bond acceptors (Lipinski definition) is 7. The molecule has 9 nitrogen and oxygen atoms in total. The summed E-state index contributed by atoms with van der Waals surface area (Å²) >= 11 is 0. The van der Waals surface area contributed by atoms with Gasteiger partial charge in [-0.05, 0) is 49.2 Å². The van der Waals surface area contributed by atoms with Crippen molar-refractivity contribution in [3.63, 3.8) is 0 Å². The summed E-state index contributed by atoms with van der Waals surface area (Å²) < 4.78 is 40.4. The maximum Gasteiger partial charge on any atom is 0.344 e. The number of nitrogens with one attached hydrogen (secondary N) is 1. The molecule has 0 bridgehead atoms. The highest BCUT2D eigenvalue weighted by atomic mass is 32.2. The lowest BCUT2D eigenvalue weighted by Crippen LogP contribution is -2.29. The van der Waals surface area contributed by atoms with E-state index in [1.165, 1.54) is 23.7 Å². The highest BCUT2D eigenvalue weighted by Crippen LogP contribution is 2.44. The number of rotatable bonds is 5. The van der Waals surface area contributed by atoms with Crippen LogP contribution in [-0.2, 0) is 21.9 Å². The Labute approximate surface area is 212 Å². The SMILES string of the molecule is CCOC(=O)c1c2c3c(c(Nc4ccc(C)cc4S(=O)(=O)O)ccc3n(C)c1=O)C(=O)c1ccccc1-2. The minimum absolute atomic E-state index is 0.0559. The van der Waals surface area contributed by atoms with E-state index in [1.54, 1.807) is 56.3 Å². The van der Waals surface area contributed by atoms with Crippen molar-refractivity contribution in [2.45, 2.75) is 18.7 Å². The largest absolute Gasteiger partial charge is 0.462 e. The molecule has 2 N–H and O–H groups in total. The van der Waals surface area contributed by atoms with Crippen LogP contribution in [-0.4, -0.2) is 35.9 Å². The first-order chi connectivity index (χ1) is 17.5. The number of fused-ring (bicyclic) bond motifs is 2. The number of ketones is 1. The van der Waals surface area contributed by atoms with Gasteiger partial charge in [-0.3, -0.25) is 14.1 Å². The highest BCUT2D eigenvalue weighted by Gasteiger charge is 2.34. The number of carbonyl (C=O) groups is 2. The van der Waals surface area contributed by atoms with Gasteiger partial charge in [-0.15, -0.1) is 0 Å². The Kier molecular flexibility index (Phi) is 5.73. The predicted molar refractivity (Wildman–Crippen MR) is 138 cm³/mol. The molecule has 37 heavy (non-hydrogen) atoms. The van der Waals surface area contributed by atoms with Crippen molar-refractivity contribution in [3.05, 3.63) is 87.2 Å². The van der Waals surface area contributed by atoms with Crippen molar-refractivity contribution >= 4 is 44.1 Å². The number of esters is 1. The van der Waals surface area contributed by atoms with E-state index in [9.17, 15) is 27.4 Å². The van der Waals surface area contributed by atoms with Gasteiger partial charge in [0.15, 0.2) is 5.78 Å². The average Bonchev–Trinajstić information content (AvgIpc) is 2.85. The smallest absolute Gasteiger partial charge is 0.344 e. The Morgan fingerprint density at radius 2 is 1.68 bits per heavy atom. The van der Waals surface area contributed by atoms with E-state index in [0.29, 0.717) is 22.0 Å². The molecule has 0 aliphatic heterocycles. The van der Waals surface area contributed by atoms with Gasteiger partial charge in [0.05, 0.1) is 29.1 Å². The fourth-order valence-corrected chi connectivity index (χ4v) is 5.49. The molecule has 0 radical (unpaired) electrons. The number of aromatic nitrogens is 1. The lowest BCUT2D eigenvalue weighted by atomic mass is 9.81. The summed E-state index contributed by atoms with van der Waals surface area (Å²) in [6.45, 7) is 3.37. The first-order valence-electron chi connectivity index (χ1n) is 11.4. The molecule has 0 fully saturated rings. The summed E-state index contributed by atoms with van der Waals surface area (Å²) in [6, 6.07) is 14.3. The molecule has 3 aromatic carbocycles. The second-order valence-corrected chi connectivity index (χ2v) is 10.1. The number of benzene rings is 3. The number of hydrogen-bond donors (Lipinski definition) is 2. The van der Waals surface area contributed by atoms with Gasteiger partial charge >= 0.3 is 5.97 Å². The Morgan fingerprint density at radius 3 is 2.35 bits per heavy atom. The van der Waals surface area contributed by atoms with Crippen LogP contribution in [0.15, 0.2) is 64.3 Å². The molecule has 0 spiro atoms. The molecule has 1 aromatic heterocycles. The van der Waals surface area contributed by atoms with E-state index in [-0.39, 0.29) is 50.9 Å². The molecule has 1 heterocycles. The first-order valence-corrected chi connectivity index (χ1v) is 12.8. The zero-order chi connectivity index (χ0) is 26.6. The fourth-order valence-electron chi connectivity index (χ4n) is 4.76. The molecule has 0 saturated carbocycles. The van der Waals surface area contributed by atoms with Gasteiger partial charge in [0.1, 0.15) is 10.5 Å². The van der Waals surface area contributed by atoms with E-state index >= 15 is 0 Å². The molecular formula is C27H22N2O7S. The van der Waals surface area contributed by atoms with Gasteiger partial charge in [0, 0.05) is 23.6 Å². The molecule has 10 heteroatoms. The van der Waals surface area contributed by atoms with E-state index in [4.69, 9.17) is 4.74 Å². The predicted octanol–water partition coefficient (Wildman–Crippen LogP) is 4.23. The van der Waals surface area contributed by atoms with Crippen LogP contribution in [0.4, 0.5) is 11.4 Å². The fraction of sp³-hybridized carbons (Fsp3) is 0.148. The number of anilines is 2. The maximum atomic E-state index is 13.8. The third-order valence-electron chi connectivity index (χ3n) is 6.40. The van der Waals surface area contributed by atoms with Gasteiger partial charge in [-0.2, -0.15) is 8.42 Å². The van der Waals surface area contributed by atoms with Crippen LogP contribution >= 0.6 is 0 Å². The second kappa shape index (κ2) is 8.68. The van der Waals surface area contributed by atoms with Gasteiger partial charge in [-0.25, -0.2) is 4.79 Å². The van der Waals surface area contributed by atoms with Crippen LogP contribution < -0.4 is 10.9 Å². The topological polar surface area (TPSA) is 132 Å². The molecule has 5 rings (SSSR count). The normalized spacial score (nSPS) is 12.4. The molecule has 1 aliphatic rings. The zero-order valence-electron chi connectivity index (χ0n) is 20.2. The standard InChI is InChI=1S/C27H22N2O7S/c1-4-36-27(32)24-21-15-7-5-6-8-16(15)25(30)22-18(11-12-19(23(21)22)29(3)26(24)31)28-17-10-9-14(2)13-20(17)37(33,34)35/h5-13,28H,4H2,1-3H3,(H,33,34,35). The number of pyridine rings is 1. The Hall–Kier alpha value is -4.28. The van der Waals surface area contributed by atoms with Crippen molar-refractivity contribution < 1.29 is 27.3 Å². The number of ether oxygens (including phenoxy) is 1. The Bertz CT molecular complexity index is 1820. The van der Waals surface area contributed by atoms with E-state index in [1.807, 2.05) is 0 Å². The summed E-state index contributed by atoms with van der Waals surface area (Å²) in [7, 11) is -3.08. The second-order valence-electron chi connectivity index (χ2n) is 8.69. The van der Waals surface area contributed by atoms with Gasteiger partial charge in [0.2, 0.25) is 0 Å². The summed E-state index contributed by atoms with van der Waals surface area (Å²) in [6.07, 6.45) is 0. The lowest BCUT2D eigenvalue weighted by Gasteiger charge is -2.25. The third kappa shape index (κ3) is 3.81. The molecule has 4 aromatic rings. The summed E-state index contributed by atoms with van der Waals surface area (Å²) in [4.78, 5) is 39.8.